The van der Waals surface area contributed by atoms with Gasteiger partial charge in [0.15, 0.2) is 0 Å². The molecular weight excluding hydrogens is 251 g/mol. The van der Waals surface area contributed by atoms with E-state index >= 15 is 0 Å². The number of halogens is 1. The minimum Gasteiger partial charge on any atom is -0.313 e. The molecule has 0 spiro atoms. The van der Waals surface area contributed by atoms with E-state index in [9.17, 15) is 4.39 Å². The first-order valence-electron chi connectivity index (χ1n) is 7.80. The summed E-state index contributed by atoms with van der Waals surface area (Å²) in [6.07, 6.45) is 6.68. The monoisotopic (exact) mass is 278 g/mol. The van der Waals surface area contributed by atoms with E-state index in [-0.39, 0.29) is 5.82 Å². The first kappa shape index (κ1) is 15.5. The summed E-state index contributed by atoms with van der Waals surface area (Å²) in [4.78, 5) is 2.45. The molecule has 1 N–H and O–H groups in total. The Hall–Kier alpha value is -0.930. The van der Waals surface area contributed by atoms with Gasteiger partial charge >= 0.3 is 0 Å². The van der Waals surface area contributed by atoms with Crippen LogP contribution in [0.5, 0.6) is 0 Å². The smallest absolute Gasteiger partial charge is 0.123 e. The zero-order valence-corrected chi connectivity index (χ0v) is 12.7. The van der Waals surface area contributed by atoms with Gasteiger partial charge in [-0.05, 0) is 63.5 Å². The Labute approximate surface area is 122 Å². The standard InChI is InChI=1S/C17H27FN2/c1-19-17(15-7-9-16(18)10-8-15)11-12-20(2)13-14-5-3-4-6-14/h7-10,14,17,19H,3-6,11-13H2,1-2H3. The molecule has 1 fully saturated rings. The summed E-state index contributed by atoms with van der Waals surface area (Å²) < 4.78 is 13.0. The molecule has 2 rings (SSSR count). The highest BCUT2D eigenvalue weighted by atomic mass is 19.1. The van der Waals surface area contributed by atoms with Crippen molar-refractivity contribution in [3.05, 3.63) is 35.6 Å². The van der Waals surface area contributed by atoms with Gasteiger partial charge < -0.3 is 10.2 Å². The lowest BCUT2D eigenvalue weighted by molar-refractivity contribution is 0.264. The molecule has 3 heteroatoms. The Morgan fingerprint density at radius 3 is 2.50 bits per heavy atom. The summed E-state index contributed by atoms with van der Waals surface area (Å²) in [5.41, 5.74) is 1.17. The van der Waals surface area contributed by atoms with Crippen molar-refractivity contribution in [3.8, 4) is 0 Å². The fraction of sp³-hybridized carbons (Fsp3) is 0.647. The van der Waals surface area contributed by atoms with E-state index in [1.807, 2.05) is 19.2 Å². The SMILES string of the molecule is CNC(CCN(C)CC1CCCC1)c1ccc(F)cc1. The molecular formula is C17H27FN2. The van der Waals surface area contributed by atoms with Crippen LogP contribution in [0, 0.1) is 11.7 Å². The molecule has 0 aromatic heterocycles. The van der Waals surface area contributed by atoms with Crippen LogP contribution < -0.4 is 5.32 Å². The Morgan fingerprint density at radius 2 is 1.90 bits per heavy atom. The van der Waals surface area contributed by atoms with Crippen molar-refractivity contribution in [2.75, 3.05) is 27.2 Å². The first-order chi connectivity index (χ1) is 9.69. The second kappa shape index (κ2) is 7.75. The summed E-state index contributed by atoms with van der Waals surface area (Å²) in [5.74, 6) is 0.737. The van der Waals surface area contributed by atoms with Crippen molar-refractivity contribution in [2.24, 2.45) is 5.92 Å². The fourth-order valence-corrected chi connectivity index (χ4v) is 3.25. The number of rotatable bonds is 7. The maximum atomic E-state index is 13.0. The molecule has 0 amide bonds. The highest BCUT2D eigenvalue weighted by Gasteiger charge is 2.17. The molecule has 1 aromatic carbocycles. The normalized spacial score (nSPS) is 17.8. The van der Waals surface area contributed by atoms with Crippen molar-refractivity contribution in [2.45, 2.75) is 38.1 Å². The summed E-state index contributed by atoms with van der Waals surface area (Å²) in [7, 11) is 4.20. The molecule has 0 bridgehead atoms. The van der Waals surface area contributed by atoms with E-state index < -0.39 is 0 Å². The van der Waals surface area contributed by atoms with Gasteiger partial charge in [-0.2, -0.15) is 0 Å². The van der Waals surface area contributed by atoms with Crippen LogP contribution in [-0.2, 0) is 0 Å². The van der Waals surface area contributed by atoms with Crippen molar-refractivity contribution < 1.29 is 4.39 Å². The van der Waals surface area contributed by atoms with Crippen molar-refractivity contribution in [1.82, 2.24) is 10.2 Å². The van der Waals surface area contributed by atoms with Crippen LogP contribution in [-0.4, -0.2) is 32.1 Å². The van der Waals surface area contributed by atoms with Crippen LogP contribution in [0.4, 0.5) is 4.39 Å². The molecule has 1 aromatic rings. The summed E-state index contributed by atoms with van der Waals surface area (Å²) >= 11 is 0. The van der Waals surface area contributed by atoms with Crippen LogP contribution in [0.15, 0.2) is 24.3 Å². The van der Waals surface area contributed by atoms with Crippen LogP contribution in [0.1, 0.15) is 43.7 Å². The van der Waals surface area contributed by atoms with Crippen molar-refractivity contribution in [1.29, 1.82) is 0 Å². The molecule has 2 nitrogen and oxygen atoms in total. The minimum atomic E-state index is -0.165. The second-order valence-electron chi connectivity index (χ2n) is 6.09. The predicted octanol–water partition coefficient (Wildman–Crippen LogP) is 3.60. The van der Waals surface area contributed by atoms with Gasteiger partial charge in [0.05, 0.1) is 0 Å². The van der Waals surface area contributed by atoms with Gasteiger partial charge in [0, 0.05) is 12.6 Å². The first-order valence-corrected chi connectivity index (χ1v) is 7.80. The lowest BCUT2D eigenvalue weighted by Crippen LogP contribution is -2.29. The average molecular weight is 278 g/mol. The van der Waals surface area contributed by atoms with Gasteiger partial charge in [0.1, 0.15) is 5.82 Å². The Morgan fingerprint density at radius 1 is 1.25 bits per heavy atom. The highest BCUT2D eigenvalue weighted by Crippen LogP contribution is 2.25. The summed E-state index contributed by atoms with van der Waals surface area (Å²) in [5, 5.41) is 3.34. The molecule has 1 aliphatic rings. The predicted molar refractivity (Wildman–Crippen MR) is 82.3 cm³/mol. The van der Waals surface area contributed by atoms with Gasteiger partial charge in [-0.1, -0.05) is 25.0 Å². The topological polar surface area (TPSA) is 15.3 Å². The molecule has 0 aliphatic heterocycles. The van der Waals surface area contributed by atoms with E-state index in [2.05, 4.69) is 17.3 Å². The second-order valence-corrected chi connectivity index (χ2v) is 6.09. The summed E-state index contributed by atoms with van der Waals surface area (Å²) in [6.45, 7) is 2.30. The largest absolute Gasteiger partial charge is 0.313 e. The average Bonchev–Trinajstić information content (AvgIpc) is 2.94. The summed E-state index contributed by atoms with van der Waals surface area (Å²) in [6, 6.07) is 7.16. The Bertz CT molecular complexity index is 384. The highest BCUT2D eigenvalue weighted by molar-refractivity contribution is 5.19. The van der Waals surface area contributed by atoms with E-state index in [0.717, 1.165) is 18.9 Å². The molecule has 0 saturated heterocycles. The lowest BCUT2D eigenvalue weighted by atomic mass is 10.0. The van der Waals surface area contributed by atoms with Crippen molar-refractivity contribution >= 4 is 0 Å². The molecule has 0 heterocycles. The van der Waals surface area contributed by atoms with E-state index in [0.29, 0.717) is 6.04 Å². The molecule has 1 aliphatic carbocycles. The number of hydrogen-bond donors (Lipinski definition) is 1. The third kappa shape index (κ3) is 4.57. The number of benzene rings is 1. The van der Waals surface area contributed by atoms with E-state index in [1.54, 1.807) is 12.1 Å². The van der Waals surface area contributed by atoms with Crippen LogP contribution in [0.25, 0.3) is 0 Å². The fourth-order valence-electron chi connectivity index (χ4n) is 3.25. The quantitative estimate of drug-likeness (QED) is 0.820. The van der Waals surface area contributed by atoms with Gasteiger partial charge in [0.2, 0.25) is 0 Å². The number of nitrogens with one attached hydrogen (secondary N) is 1. The van der Waals surface area contributed by atoms with Crippen LogP contribution >= 0.6 is 0 Å². The van der Waals surface area contributed by atoms with Gasteiger partial charge in [0.25, 0.3) is 0 Å². The maximum Gasteiger partial charge on any atom is 0.123 e. The maximum absolute atomic E-state index is 13.0. The number of nitrogens with zero attached hydrogens (tertiary/aromatic N) is 1. The molecule has 1 unspecified atom stereocenters. The molecule has 0 radical (unpaired) electrons. The van der Waals surface area contributed by atoms with E-state index in [1.165, 1.54) is 37.8 Å². The van der Waals surface area contributed by atoms with Crippen LogP contribution in [0.2, 0.25) is 0 Å². The zero-order valence-electron chi connectivity index (χ0n) is 12.7. The third-order valence-electron chi connectivity index (χ3n) is 4.46. The van der Waals surface area contributed by atoms with Crippen LogP contribution in [0.3, 0.4) is 0 Å². The Kier molecular flexibility index (Phi) is 5.99. The molecule has 1 atom stereocenters. The molecule has 1 saturated carbocycles. The van der Waals surface area contributed by atoms with Gasteiger partial charge in [-0.3, -0.25) is 0 Å². The number of hydrogen-bond acceptors (Lipinski definition) is 2. The minimum absolute atomic E-state index is 0.165. The zero-order chi connectivity index (χ0) is 14.4. The third-order valence-corrected chi connectivity index (χ3v) is 4.46. The molecule has 112 valence electrons. The van der Waals surface area contributed by atoms with Gasteiger partial charge in [-0.25, -0.2) is 4.39 Å². The molecule has 20 heavy (non-hydrogen) atoms. The van der Waals surface area contributed by atoms with Crippen molar-refractivity contribution in [3.63, 3.8) is 0 Å². The van der Waals surface area contributed by atoms with E-state index in [4.69, 9.17) is 0 Å². The van der Waals surface area contributed by atoms with Gasteiger partial charge in [-0.15, -0.1) is 0 Å². The lowest BCUT2D eigenvalue weighted by Gasteiger charge is -2.24. The Balaban J connectivity index is 1.79.